The van der Waals surface area contributed by atoms with Crippen molar-refractivity contribution in [1.82, 2.24) is 4.90 Å². The number of benzene rings is 2. The van der Waals surface area contributed by atoms with Gasteiger partial charge in [-0.05, 0) is 36.8 Å². The van der Waals surface area contributed by atoms with Gasteiger partial charge in [0.2, 0.25) is 0 Å². The van der Waals surface area contributed by atoms with Gasteiger partial charge in [0.25, 0.3) is 0 Å². The molecule has 2 aromatic rings. The minimum atomic E-state index is -0.422. The number of carbonyl (C=O) groups excluding carboxylic acids is 1. The lowest BCUT2D eigenvalue weighted by Gasteiger charge is -2.18. The third kappa shape index (κ3) is 4.86. The minimum Gasteiger partial charge on any atom is -0.489 e. The summed E-state index contributed by atoms with van der Waals surface area (Å²) in [5, 5.41) is 3.33. The third-order valence-electron chi connectivity index (χ3n) is 3.29. The molecule has 0 saturated carbocycles. The quantitative estimate of drug-likeness (QED) is 0.883. The smallest absolute Gasteiger partial charge is 0.321 e. The molecule has 6 heteroatoms. The predicted molar refractivity (Wildman–Crippen MR) is 89.7 cm³/mol. The fraction of sp³-hybridized carbons (Fsp3) is 0.235. The van der Waals surface area contributed by atoms with Crippen LogP contribution in [0.2, 0.25) is 5.02 Å². The zero-order chi connectivity index (χ0) is 16.8. The topological polar surface area (TPSA) is 41.6 Å². The van der Waals surface area contributed by atoms with E-state index in [0.717, 1.165) is 5.56 Å². The molecular weight excluding hydrogens is 319 g/mol. The molecule has 0 aromatic heterocycles. The molecule has 0 spiro atoms. The normalized spacial score (nSPS) is 10.3. The number of halogens is 2. The molecule has 0 aliphatic heterocycles. The van der Waals surface area contributed by atoms with Gasteiger partial charge in [-0.25, -0.2) is 9.18 Å². The summed E-state index contributed by atoms with van der Waals surface area (Å²) in [6.07, 6.45) is 0. The van der Waals surface area contributed by atoms with E-state index in [1.807, 2.05) is 13.0 Å². The molecular formula is C17H18ClFN2O2. The van der Waals surface area contributed by atoms with Crippen molar-refractivity contribution in [3.05, 3.63) is 58.9 Å². The van der Waals surface area contributed by atoms with Gasteiger partial charge in [-0.15, -0.1) is 0 Å². The Morgan fingerprint density at radius 1 is 1.30 bits per heavy atom. The highest BCUT2D eigenvalue weighted by molar-refractivity contribution is 6.31. The maximum atomic E-state index is 13.4. The van der Waals surface area contributed by atoms with E-state index in [-0.39, 0.29) is 18.4 Å². The fourth-order valence-electron chi connectivity index (χ4n) is 1.85. The number of hydrogen-bond donors (Lipinski definition) is 1. The lowest BCUT2D eigenvalue weighted by atomic mass is 10.2. The van der Waals surface area contributed by atoms with Crippen molar-refractivity contribution in [2.75, 3.05) is 25.5 Å². The van der Waals surface area contributed by atoms with Gasteiger partial charge in [0.15, 0.2) is 11.6 Å². The number of likely N-dealkylation sites (N-methyl/N-ethyl adjacent to an activating group) is 1. The van der Waals surface area contributed by atoms with Gasteiger partial charge in [-0.2, -0.15) is 0 Å². The molecule has 0 saturated heterocycles. The van der Waals surface area contributed by atoms with E-state index in [2.05, 4.69) is 5.32 Å². The zero-order valence-electron chi connectivity index (χ0n) is 13.0. The number of rotatable bonds is 5. The Balaban J connectivity index is 1.83. The van der Waals surface area contributed by atoms with Crippen molar-refractivity contribution in [3.63, 3.8) is 0 Å². The van der Waals surface area contributed by atoms with Crippen LogP contribution in [-0.2, 0) is 0 Å². The van der Waals surface area contributed by atoms with Crippen LogP contribution in [0.15, 0.2) is 42.5 Å². The molecule has 23 heavy (non-hydrogen) atoms. The molecule has 0 atom stereocenters. The summed E-state index contributed by atoms with van der Waals surface area (Å²) in [5.74, 6) is -0.250. The number of amides is 2. The van der Waals surface area contributed by atoms with Gasteiger partial charge in [0.05, 0.1) is 6.54 Å². The number of urea groups is 1. The summed E-state index contributed by atoms with van der Waals surface area (Å²) in [6.45, 7) is 2.40. The number of anilines is 1. The van der Waals surface area contributed by atoms with Gasteiger partial charge in [-0.1, -0.05) is 29.8 Å². The van der Waals surface area contributed by atoms with E-state index in [1.165, 1.54) is 11.0 Å². The highest BCUT2D eigenvalue weighted by Gasteiger charge is 2.10. The van der Waals surface area contributed by atoms with Crippen molar-refractivity contribution in [2.45, 2.75) is 6.92 Å². The van der Waals surface area contributed by atoms with E-state index in [4.69, 9.17) is 16.3 Å². The first-order valence-electron chi connectivity index (χ1n) is 7.13. The Morgan fingerprint density at radius 2 is 2.04 bits per heavy atom. The predicted octanol–water partition coefficient (Wildman–Crippen LogP) is 4.33. The Kier molecular flexibility index (Phi) is 5.82. The second-order valence-electron chi connectivity index (χ2n) is 5.09. The number of carbonyl (C=O) groups is 1. The molecule has 0 aliphatic carbocycles. The van der Waals surface area contributed by atoms with Crippen LogP contribution in [0, 0.1) is 12.7 Å². The Morgan fingerprint density at radius 3 is 2.74 bits per heavy atom. The first-order chi connectivity index (χ1) is 11.0. The SMILES string of the molecule is Cc1ccc(NC(=O)N(C)CCOc2ccccc2F)cc1Cl. The molecule has 0 fully saturated rings. The minimum absolute atomic E-state index is 0.173. The summed E-state index contributed by atoms with van der Waals surface area (Å²) in [7, 11) is 1.63. The molecule has 0 heterocycles. The highest BCUT2D eigenvalue weighted by atomic mass is 35.5. The van der Waals surface area contributed by atoms with E-state index in [1.54, 1.807) is 37.4 Å². The summed E-state index contributed by atoms with van der Waals surface area (Å²) < 4.78 is 18.7. The van der Waals surface area contributed by atoms with E-state index in [0.29, 0.717) is 17.3 Å². The Labute approximate surface area is 139 Å². The molecule has 2 amide bonds. The number of para-hydroxylation sites is 1. The van der Waals surface area contributed by atoms with Crippen molar-refractivity contribution in [1.29, 1.82) is 0 Å². The molecule has 0 aliphatic rings. The van der Waals surface area contributed by atoms with Crippen LogP contribution in [0.5, 0.6) is 5.75 Å². The molecule has 0 bridgehead atoms. The molecule has 4 nitrogen and oxygen atoms in total. The number of aryl methyl sites for hydroxylation is 1. The van der Waals surface area contributed by atoms with Crippen molar-refractivity contribution < 1.29 is 13.9 Å². The van der Waals surface area contributed by atoms with Crippen molar-refractivity contribution in [2.24, 2.45) is 0 Å². The second-order valence-corrected chi connectivity index (χ2v) is 5.50. The Bertz CT molecular complexity index is 694. The summed E-state index contributed by atoms with van der Waals surface area (Å²) in [5.41, 5.74) is 1.56. The van der Waals surface area contributed by atoms with E-state index >= 15 is 0 Å². The molecule has 1 N–H and O–H groups in total. The number of ether oxygens (including phenoxy) is 1. The fourth-order valence-corrected chi connectivity index (χ4v) is 2.03. The van der Waals surface area contributed by atoms with Gasteiger partial charge in [0, 0.05) is 17.8 Å². The maximum absolute atomic E-state index is 13.4. The van der Waals surface area contributed by atoms with Gasteiger partial charge in [0.1, 0.15) is 6.61 Å². The van der Waals surface area contributed by atoms with Gasteiger partial charge < -0.3 is 15.0 Å². The van der Waals surface area contributed by atoms with Crippen LogP contribution in [0.3, 0.4) is 0 Å². The van der Waals surface area contributed by atoms with Crippen LogP contribution in [0.25, 0.3) is 0 Å². The van der Waals surface area contributed by atoms with Gasteiger partial charge in [-0.3, -0.25) is 0 Å². The first-order valence-corrected chi connectivity index (χ1v) is 7.51. The number of hydrogen-bond acceptors (Lipinski definition) is 2. The maximum Gasteiger partial charge on any atom is 0.321 e. The molecule has 0 radical (unpaired) electrons. The van der Waals surface area contributed by atoms with Crippen molar-refractivity contribution in [3.8, 4) is 5.75 Å². The average molecular weight is 337 g/mol. The largest absolute Gasteiger partial charge is 0.489 e. The Hall–Kier alpha value is -2.27. The third-order valence-corrected chi connectivity index (χ3v) is 3.70. The summed E-state index contributed by atoms with van der Waals surface area (Å²) in [4.78, 5) is 13.5. The average Bonchev–Trinajstić information content (AvgIpc) is 2.52. The molecule has 2 aromatic carbocycles. The van der Waals surface area contributed by atoms with Crippen LogP contribution < -0.4 is 10.1 Å². The van der Waals surface area contributed by atoms with Crippen LogP contribution >= 0.6 is 11.6 Å². The second kappa shape index (κ2) is 7.83. The van der Waals surface area contributed by atoms with Crippen molar-refractivity contribution >= 4 is 23.3 Å². The molecule has 2 rings (SSSR count). The standard InChI is InChI=1S/C17H18ClFN2O2/c1-12-7-8-13(11-14(12)18)20-17(22)21(2)9-10-23-16-6-4-3-5-15(16)19/h3-8,11H,9-10H2,1-2H3,(H,20,22). The zero-order valence-corrected chi connectivity index (χ0v) is 13.7. The molecule has 0 unspecified atom stereocenters. The molecule has 122 valence electrons. The monoisotopic (exact) mass is 336 g/mol. The lowest BCUT2D eigenvalue weighted by molar-refractivity contribution is 0.206. The number of nitrogens with zero attached hydrogens (tertiary/aromatic N) is 1. The highest BCUT2D eigenvalue weighted by Crippen LogP contribution is 2.20. The number of nitrogens with one attached hydrogen (secondary N) is 1. The van der Waals surface area contributed by atoms with E-state index in [9.17, 15) is 9.18 Å². The summed E-state index contributed by atoms with van der Waals surface area (Å²) in [6, 6.07) is 11.2. The lowest BCUT2D eigenvalue weighted by Crippen LogP contribution is -2.34. The van der Waals surface area contributed by atoms with E-state index < -0.39 is 5.82 Å². The first kappa shape index (κ1) is 17.1. The van der Waals surface area contributed by atoms with Gasteiger partial charge >= 0.3 is 6.03 Å². The summed E-state index contributed by atoms with van der Waals surface area (Å²) >= 11 is 6.02. The van der Waals surface area contributed by atoms with Crippen LogP contribution in [0.4, 0.5) is 14.9 Å². The van der Waals surface area contributed by atoms with Crippen LogP contribution in [0.1, 0.15) is 5.56 Å². The van der Waals surface area contributed by atoms with Crippen LogP contribution in [-0.4, -0.2) is 31.1 Å².